The highest BCUT2D eigenvalue weighted by atomic mass is 35.5. The molecule has 0 saturated heterocycles. The van der Waals surface area contributed by atoms with E-state index in [9.17, 15) is 5.11 Å². The van der Waals surface area contributed by atoms with Crippen molar-refractivity contribution in [1.29, 1.82) is 0 Å². The van der Waals surface area contributed by atoms with E-state index in [0.717, 1.165) is 0 Å². The van der Waals surface area contributed by atoms with Crippen LogP contribution >= 0.6 is 11.6 Å². The quantitative estimate of drug-likeness (QED) is 0.889. The standard InChI is InChI=1S/C14H18ClN3O2/c1-13(2,20-11-6-4-10(15)5-7-11)14(3,19)8-12-16-9-17-18-12/h4-7,9,19H,8H2,1-3H3,(H,16,17,18). The van der Waals surface area contributed by atoms with Gasteiger partial charge in [0.15, 0.2) is 0 Å². The lowest BCUT2D eigenvalue weighted by Gasteiger charge is -2.39. The Morgan fingerprint density at radius 3 is 2.45 bits per heavy atom. The highest BCUT2D eigenvalue weighted by Crippen LogP contribution is 2.30. The van der Waals surface area contributed by atoms with E-state index in [1.165, 1.54) is 6.33 Å². The number of halogens is 1. The fourth-order valence-corrected chi connectivity index (χ4v) is 1.89. The zero-order valence-electron chi connectivity index (χ0n) is 11.7. The topological polar surface area (TPSA) is 71.0 Å². The Morgan fingerprint density at radius 1 is 1.25 bits per heavy atom. The molecule has 108 valence electrons. The second kappa shape index (κ2) is 5.42. The molecular weight excluding hydrogens is 278 g/mol. The fraction of sp³-hybridized carbons (Fsp3) is 0.429. The molecule has 1 atom stereocenters. The molecule has 0 aliphatic rings. The van der Waals surface area contributed by atoms with Gasteiger partial charge in [-0.15, -0.1) is 0 Å². The smallest absolute Gasteiger partial charge is 0.137 e. The summed E-state index contributed by atoms with van der Waals surface area (Å²) in [6.45, 7) is 5.38. The first-order valence-electron chi connectivity index (χ1n) is 6.31. The molecule has 0 bridgehead atoms. The van der Waals surface area contributed by atoms with Crippen LogP contribution in [0.5, 0.6) is 5.75 Å². The number of nitrogens with one attached hydrogen (secondary N) is 1. The molecule has 0 saturated carbocycles. The minimum Gasteiger partial charge on any atom is -0.485 e. The van der Waals surface area contributed by atoms with Gasteiger partial charge in [-0.2, -0.15) is 5.10 Å². The number of hydrogen-bond acceptors (Lipinski definition) is 4. The van der Waals surface area contributed by atoms with Crippen LogP contribution in [0, 0.1) is 0 Å². The summed E-state index contributed by atoms with van der Waals surface area (Å²) in [6, 6.07) is 7.04. The van der Waals surface area contributed by atoms with Gasteiger partial charge in [-0.1, -0.05) is 11.6 Å². The van der Waals surface area contributed by atoms with Crippen molar-refractivity contribution in [2.24, 2.45) is 0 Å². The summed E-state index contributed by atoms with van der Waals surface area (Å²) in [5.41, 5.74) is -1.93. The van der Waals surface area contributed by atoms with Crippen molar-refractivity contribution >= 4 is 11.6 Å². The molecule has 5 nitrogen and oxygen atoms in total. The average Bonchev–Trinajstić information content (AvgIpc) is 2.83. The molecule has 2 aromatic rings. The van der Waals surface area contributed by atoms with Crippen LogP contribution in [0.3, 0.4) is 0 Å². The van der Waals surface area contributed by atoms with E-state index < -0.39 is 11.2 Å². The highest BCUT2D eigenvalue weighted by Gasteiger charge is 2.42. The SMILES string of the molecule is CC(O)(Cc1ncn[nH]1)C(C)(C)Oc1ccc(Cl)cc1. The summed E-state index contributed by atoms with van der Waals surface area (Å²) in [5, 5.41) is 17.9. The number of benzene rings is 1. The number of aliphatic hydroxyl groups is 1. The van der Waals surface area contributed by atoms with Crippen LogP contribution in [0.2, 0.25) is 5.02 Å². The van der Waals surface area contributed by atoms with Crippen LogP contribution in [-0.4, -0.2) is 31.5 Å². The third kappa shape index (κ3) is 3.29. The Morgan fingerprint density at radius 2 is 1.90 bits per heavy atom. The van der Waals surface area contributed by atoms with Crippen LogP contribution in [0.1, 0.15) is 26.6 Å². The van der Waals surface area contributed by atoms with Crippen molar-refractivity contribution < 1.29 is 9.84 Å². The average molecular weight is 296 g/mol. The molecule has 0 amide bonds. The lowest BCUT2D eigenvalue weighted by atomic mass is 9.84. The third-order valence-electron chi connectivity index (χ3n) is 3.46. The molecular formula is C14H18ClN3O2. The van der Waals surface area contributed by atoms with E-state index in [0.29, 0.717) is 23.0 Å². The first kappa shape index (κ1) is 14.8. The predicted octanol–water partition coefficient (Wildman–Crippen LogP) is 2.61. The maximum atomic E-state index is 10.7. The Labute approximate surface area is 123 Å². The molecule has 1 aromatic carbocycles. The molecule has 0 spiro atoms. The van der Waals surface area contributed by atoms with Gasteiger partial charge in [0, 0.05) is 11.4 Å². The molecule has 0 aliphatic carbocycles. The van der Waals surface area contributed by atoms with Gasteiger partial charge in [0.1, 0.15) is 29.1 Å². The molecule has 1 unspecified atom stereocenters. The van der Waals surface area contributed by atoms with Crippen LogP contribution in [0.15, 0.2) is 30.6 Å². The van der Waals surface area contributed by atoms with Gasteiger partial charge < -0.3 is 9.84 Å². The summed E-state index contributed by atoms with van der Waals surface area (Å²) in [7, 11) is 0. The molecule has 1 heterocycles. The van der Waals surface area contributed by atoms with Gasteiger partial charge >= 0.3 is 0 Å². The number of aromatic amines is 1. The van der Waals surface area contributed by atoms with E-state index in [1.807, 2.05) is 13.8 Å². The summed E-state index contributed by atoms with van der Waals surface area (Å²) >= 11 is 5.84. The van der Waals surface area contributed by atoms with Crippen molar-refractivity contribution in [1.82, 2.24) is 15.2 Å². The van der Waals surface area contributed by atoms with E-state index in [4.69, 9.17) is 16.3 Å². The van der Waals surface area contributed by atoms with Crippen LogP contribution < -0.4 is 4.74 Å². The minimum absolute atomic E-state index is 0.313. The van der Waals surface area contributed by atoms with E-state index in [1.54, 1.807) is 31.2 Å². The van der Waals surface area contributed by atoms with Gasteiger partial charge in [-0.05, 0) is 45.0 Å². The summed E-state index contributed by atoms with van der Waals surface area (Å²) in [5.74, 6) is 1.26. The highest BCUT2D eigenvalue weighted by molar-refractivity contribution is 6.30. The Hall–Kier alpha value is -1.59. The number of ether oxygens (including phenoxy) is 1. The second-order valence-electron chi connectivity index (χ2n) is 5.45. The number of aromatic nitrogens is 3. The molecule has 6 heteroatoms. The monoisotopic (exact) mass is 295 g/mol. The maximum absolute atomic E-state index is 10.7. The lowest BCUT2D eigenvalue weighted by molar-refractivity contribution is -0.103. The largest absolute Gasteiger partial charge is 0.485 e. The zero-order valence-corrected chi connectivity index (χ0v) is 12.5. The van der Waals surface area contributed by atoms with Crippen molar-refractivity contribution in [2.45, 2.75) is 38.4 Å². The van der Waals surface area contributed by atoms with Crippen LogP contribution in [-0.2, 0) is 6.42 Å². The number of H-pyrrole nitrogens is 1. The molecule has 2 N–H and O–H groups in total. The van der Waals surface area contributed by atoms with Crippen LogP contribution in [0.25, 0.3) is 0 Å². The van der Waals surface area contributed by atoms with Gasteiger partial charge in [-0.25, -0.2) is 4.98 Å². The minimum atomic E-state index is -1.12. The molecule has 0 fully saturated rings. The fourth-order valence-electron chi connectivity index (χ4n) is 1.76. The van der Waals surface area contributed by atoms with E-state index in [-0.39, 0.29) is 0 Å². The molecule has 2 rings (SSSR count). The lowest BCUT2D eigenvalue weighted by Crippen LogP contribution is -2.53. The van der Waals surface area contributed by atoms with E-state index >= 15 is 0 Å². The predicted molar refractivity (Wildman–Crippen MR) is 76.9 cm³/mol. The van der Waals surface area contributed by atoms with Gasteiger partial charge in [-0.3, -0.25) is 5.10 Å². The van der Waals surface area contributed by atoms with Crippen molar-refractivity contribution in [3.8, 4) is 5.75 Å². The maximum Gasteiger partial charge on any atom is 0.137 e. The normalized spacial score (nSPS) is 14.8. The molecule has 0 radical (unpaired) electrons. The number of hydrogen-bond donors (Lipinski definition) is 2. The first-order chi connectivity index (χ1) is 9.30. The van der Waals surface area contributed by atoms with Crippen molar-refractivity contribution in [3.63, 3.8) is 0 Å². The van der Waals surface area contributed by atoms with E-state index in [2.05, 4.69) is 15.2 Å². The molecule has 1 aromatic heterocycles. The van der Waals surface area contributed by atoms with Gasteiger partial charge in [0.2, 0.25) is 0 Å². The Kier molecular flexibility index (Phi) is 4.01. The van der Waals surface area contributed by atoms with Crippen molar-refractivity contribution in [3.05, 3.63) is 41.4 Å². The van der Waals surface area contributed by atoms with Gasteiger partial charge in [0.05, 0.1) is 0 Å². The zero-order chi connectivity index (χ0) is 14.8. The van der Waals surface area contributed by atoms with Crippen LogP contribution in [0.4, 0.5) is 0 Å². The number of nitrogens with zero attached hydrogens (tertiary/aromatic N) is 2. The third-order valence-corrected chi connectivity index (χ3v) is 3.71. The number of rotatable bonds is 5. The van der Waals surface area contributed by atoms with Gasteiger partial charge in [0.25, 0.3) is 0 Å². The molecule has 20 heavy (non-hydrogen) atoms. The Balaban J connectivity index is 2.13. The molecule has 0 aliphatic heterocycles. The van der Waals surface area contributed by atoms with Crippen molar-refractivity contribution in [2.75, 3.05) is 0 Å². The summed E-state index contributed by atoms with van der Waals surface area (Å²) < 4.78 is 5.90. The summed E-state index contributed by atoms with van der Waals surface area (Å²) in [4.78, 5) is 4.03. The second-order valence-corrected chi connectivity index (χ2v) is 5.89. The summed E-state index contributed by atoms with van der Waals surface area (Å²) in [6.07, 6.45) is 1.73. The first-order valence-corrected chi connectivity index (χ1v) is 6.69. The Bertz CT molecular complexity index is 550.